The molecule has 0 aromatic rings. The van der Waals surface area contributed by atoms with Crippen LogP contribution in [0.5, 0.6) is 0 Å². The Morgan fingerprint density at radius 1 is 1.00 bits per heavy atom. The predicted octanol–water partition coefficient (Wildman–Crippen LogP) is 2.27. The molecule has 3 heteroatoms. The van der Waals surface area contributed by atoms with E-state index >= 15 is 0 Å². The minimum atomic E-state index is -0.272. The van der Waals surface area contributed by atoms with E-state index in [0.717, 1.165) is 0 Å². The summed E-state index contributed by atoms with van der Waals surface area (Å²) in [6.07, 6.45) is 5.15. The summed E-state index contributed by atoms with van der Waals surface area (Å²) in [6, 6.07) is 0. The molecule has 0 heterocycles. The standard InChI is InChI=1S/C11H18O3/c1-4-8-13-11(14-9-5-2)7-10-12-6-3/h4-6,11H,1-3,7-10H2. The quantitative estimate of drug-likeness (QED) is 0.233. The second-order valence-electron chi connectivity index (χ2n) is 2.50. The normalized spacial score (nSPS) is 9.79. The van der Waals surface area contributed by atoms with Crippen LogP contribution in [0.4, 0.5) is 0 Å². The Labute approximate surface area is 85.7 Å². The van der Waals surface area contributed by atoms with Crippen LogP contribution in [0.2, 0.25) is 0 Å². The summed E-state index contributed by atoms with van der Waals surface area (Å²) in [4.78, 5) is 0. The molecule has 0 N–H and O–H groups in total. The van der Waals surface area contributed by atoms with Crippen LogP contribution < -0.4 is 0 Å². The second kappa shape index (κ2) is 10.0. The van der Waals surface area contributed by atoms with Crippen LogP contribution >= 0.6 is 0 Å². The van der Waals surface area contributed by atoms with Gasteiger partial charge >= 0.3 is 0 Å². The van der Waals surface area contributed by atoms with Gasteiger partial charge < -0.3 is 14.2 Å². The molecule has 0 unspecified atom stereocenters. The van der Waals surface area contributed by atoms with Crippen LogP contribution in [0.25, 0.3) is 0 Å². The Morgan fingerprint density at radius 2 is 1.57 bits per heavy atom. The van der Waals surface area contributed by atoms with Crippen molar-refractivity contribution in [2.75, 3.05) is 19.8 Å². The van der Waals surface area contributed by atoms with Crippen LogP contribution in [-0.4, -0.2) is 26.1 Å². The van der Waals surface area contributed by atoms with E-state index in [1.165, 1.54) is 6.26 Å². The number of rotatable bonds is 10. The van der Waals surface area contributed by atoms with E-state index in [-0.39, 0.29) is 6.29 Å². The summed E-state index contributed by atoms with van der Waals surface area (Å²) in [5.41, 5.74) is 0. The van der Waals surface area contributed by atoms with Crippen molar-refractivity contribution in [3.8, 4) is 0 Å². The van der Waals surface area contributed by atoms with Crippen molar-refractivity contribution in [2.24, 2.45) is 0 Å². The first-order chi connectivity index (χ1) is 6.85. The molecule has 0 aromatic carbocycles. The SMILES string of the molecule is C=CCOC(CCOC=C)OCC=C. The van der Waals surface area contributed by atoms with Gasteiger partial charge in [0.2, 0.25) is 0 Å². The Morgan fingerprint density at radius 3 is 2.00 bits per heavy atom. The van der Waals surface area contributed by atoms with Crippen LogP contribution in [0.3, 0.4) is 0 Å². The molecule has 0 fully saturated rings. The van der Waals surface area contributed by atoms with Gasteiger partial charge in [-0.2, -0.15) is 0 Å². The highest BCUT2D eigenvalue weighted by Crippen LogP contribution is 2.02. The third kappa shape index (κ3) is 7.58. The molecule has 0 aliphatic heterocycles. The van der Waals surface area contributed by atoms with Crippen LogP contribution in [0.15, 0.2) is 38.2 Å². The van der Waals surface area contributed by atoms with Crippen molar-refractivity contribution in [1.29, 1.82) is 0 Å². The van der Waals surface area contributed by atoms with E-state index in [0.29, 0.717) is 26.2 Å². The molecule has 0 saturated heterocycles. The fourth-order valence-electron chi connectivity index (χ4n) is 0.813. The molecule has 3 nitrogen and oxygen atoms in total. The monoisotopic (exact) mass is 198 g/mol. The average molecular weight is 198 g/mol. The van der Waals surface area contributed by atoms with E-state index in [9.17, 15) is 0 Å². The van der Waals surface area contributed by atoms with Crippen molar-refractivity contribution in [2.45, 2.75) is 12.7 Å². The highest BCUT2D eigenvalue weighted by atomic mass is 16.7. The largest absolute Gasteiger partial charge is 0.502 e. The third-order valence-electron chi connectivity index (χ3n) is 1.39. The molecule has 0 spiro atoms. The lowest BCUT2D eigenvalue weighted by molar-refractivity contribution is -0.135. The lowest BCUT2D eigenvalue weighted by Crippen LogP contribution is -2.19. The molecular formula is C11H18O3. The van der Waals surface area contributed by atoms with Gasteiger partial charge in [0.05, 0.1) is 26.1 Å². The van der Waals surface area contributed by atoms with Crippen LogP contribution in [0.1, 0.15) is 6.42 Å². The van der Waals surface area contributed by atoms with Crippen molar-refractivity contribution in [3.63, 3.8) is 0 Å². The van der Waals surface area contributed by atoms with Gasteiger partial charge in [0, 0.05) is 6.42 Å². The van der Waals surface area contributed by atoms with Crippen molar-refractivity contribution in [3.05, 3.63) is 38.2 Å². The summed E-state index contributed by atoms with van der Waals surface area (Å²) in [5, 5.41) is 0. The molecular weight excluding hydrogens is 180 g/mol. The van der Waals surface area contributed by atoms with E-state index in [1.807, 2.05) is 0 Å². The minimum absolute atomic E-state index is 0.272. The maximum Gasteiger partial charge on any atom is 0.161 e. The zero-order valence-corrected chi connectivity index (χ0v) is 8.48. The lowest BCUT2D eigenvalue weighted by atomic mass is 10.4. The van der Waals surface area contributed by atoms with Crippen LogP contribution in [0, 0.1) is 0 Å². The summed E-state index contributed by atoms with van der Waals surface area (Å²) in [6.45, 7) is 12.0. The smallest absolute Gasteiger partial charge is 0.161 e. The Hall–Kier alpha value is -1.06. The molecule has 0 atom stereocenters. The Bertz CT molecular complexity index is 154. The van der Waals surface area contributed by atoms with Gasteiger partial charge in [-0.15, -0.1) is 13.2 Å². The highest BCUT2D eigenvalue weighted by Gasteiger charge is 2.07. The molecule has 0 amide bonds. The summed E-state index contributed by atoms with van der Waals surface area (Å²) in [7, 11) is 0. The first-order valence-electron chi connectivity index (χ1n) is 4.52. The molecule has 0 saturated carbocycles. The van der Waals surface area contributed by atoms with Crippen molar-refractivity contribution >= 4 is 0 Å². The Kier molecular flexibility index (Phi) is 9.26. The van der Waals surface area contributed by atoms with Crippen molar-refractivity contribution in [1.82, 2.24) is 0 Å². The topological polar surface area (TPSA) is 27.7 Å². The Balaban J connectivity index is 3.64. The lowest BCUT2D eigenvalue weighted by Gasteiger charge is -2.16. The fourth-order valence-corrected chi connectivity index (χ4v) is 0.813. The summed E-state index contributed by atoms with van der Waals surface area (Å²) >= 11 is 0. The fraction of sp³-hybridized carbons (Fsp3) is 0.455. The van der Waals surface area contributed by atoms with E-state index < -0.39 is 0 Å². The average Bonchev–Trinajstić information content (AvgIpc) is 2.21. The zero-order valence-electron chi connectivity index (χ0n) is 8.48. The number of hydrogen-bond donors (Lipinski definition) is 0. The maximum absolute atomic E-state index is 5.34. The first-order valence-corrected chi connectivity index (χ1v) is 4.52. The van der Waals surface area contributed by atoms with Crippen LogP contribution in [-0.2, 0) is 14.2 Å². The molecule has 0 rings (SSSR count). The summed E-state index contributed by atoms with van der Waals surface area (Å²) < 4.78 is 15.7. The minimum Gasteiger partial charge on any atom is -0.502 e. The molecule has 80 valence electrons. The van der Waals surface area contributed by atoms with Gasteiger partial charge in [-0.05, 0) is 0 Å². The van der Waals surface area contributed by atoms with E-state index in [2.05, 4.69) is 19.7 Å². The van der Waals surface area contributed by atoms with E-state index in [4.69, 9.17) is 14.2 Å². The molecule has 0 aromatic heterocycles. The third-order valence-corrected chi connectivity index (χ3v) is 1.39. The predicted molar refractivity (Wildman–Crippen MR) is 56.9 cm³/mol. The van der Waals surface area contributed by atoms with Gasteiger partial charge in [-0.1, -0.05) is 18.7 Å². The highest BCUT2D eigenvalue weighted by molar-refractivity contribution is 4.67. The maximum atomic E-state index is 5.34. The molecule has 0 radical (unpaired) electrons. The second-order valence-corrected chi connectivity index (χ2v) is 2.50. The van der Waals surface area contributed by atoms with Gasteiger partial charge in [0.25, 0.3) is 0 Å². The zero-order chi connectivity index (χ0) is 10.6. The molecule has 14 heavy (non-hydrogen) atoms. The van der Waals surface area contributed by atoms with Gasteiger partial charge in [0.15, 0.2) is 6.29 Å². The van der Waals surface area contributed by atoms with Gasteiger partial charge in [0.1, 0.15) is 0 Å². The van der Waals surface area contributed by atoms with Gasteiger partial charge in [-0.25, -0.2) is 0 Å². The molecule has 0 bridgehead atoms. The number of ether oxygens (including phenoxy) is 3. The van der Waals surface area contributed by atoms with Crippen molar-refractivity contribution < 1.29 is 14.2 Å². The molecule has 0 aliphatic rings. The van der Waals surface area contributed by atoms with E-state index in [1.54, 1.807) is 12.2 Å². The first kappa shape index (κ1) is 12.9. The van der Waals surface area contributed by atoms with Gasteiger partial charge in [-0.3, -0.25) is 0 Å². The summed E-state index contributed by atoms with van der Waals surface area (Å²) in [5.74, 6) is 0. The molecule has 0 aliphatic carbocycles. The number of hydrogen-bond acceptors (Lipinski definition) is 3.